The summed E-state index contributed by atoms with van der Waals surface area (Å²) in [5, 5.41) is 21.1. The van der Waals surface area contributed by atoms with Crippen molar-refractivity contribution in [3.05, 3.63) is 60.6 Å². The fraction of sp³-hybridized carbons (Fsp3) is 0.0714. The summed E-state index contributed by atoms with van der Waals surface area (Å²) in [6.07, 6.45) is 3.69. The predicted molar refractivity (Wildman–Crippen MR) is 70.5 cm³/mol. The highest BCUT2D eigenvalue weighted by Crippen LogP contribution is 2.18. The van der Waals surface area contributed by atoms with Gasteiger partial charge in [-0.05, 0) is 17.7 Å². The van der Waals surface area contributed by atoms with Gasteiger partial charge < -0.3 is 5.11 Å². The molecule has 2 aromatic heterocycles. The van der Waals surface area contributed by atoms with E-state index in [1.165, 1.54) is 0 Å². The van der Waals surface area contributed by atoms with Crippen LogP contribution in [0.25, 0.3) is 16.9 Å². The molecule has 0 aliphatic heterocycles. The van der Waals surface area contributed by atoms with Crippen LogP contribution in [0.2, 0.25) is 0 Å². The van der Waals surface area contributed by atoms with E-state index in [0.717, 1.165) is 11.1 Å². The first-order chi connectivity index (χ1) is 9.36. The molecule has 3 aromatic rings. The number of benzene rings is 1. The fourth-order valence-electron chi connectivity index (χ4n) is 1.79. The van der Waals surface area contributed by atoms with E-state index in [9.17, 15) is 0 Å². The van der Waals surface area contributed by atoms with Crippen LogP contribution in [0.3, 0.4) is 0 Å². The highest BCUT2D eigenvalue weighted by atomic mass is 16.3. The summed E-state index contributed by atoms with van der Waals surface area (Å²) in [5.41, 5.74) is 2.67. The molecular formula is C14H12N4O. The summed E-state index contributed by atoms with van der Waals surface area (Å²) in [4.78, 5) is 0. The maximum atomic E-state index is 8.93. The molecule has 1 aromatic carbocycles. The third-order valence-electron chi connectivity index (χ3n) is 2.79. The van der Waals surface area contributed by atoms with Crippen molar-refractivity contribution >= 4 is 0 Å². The first kappa shape index (κ1) is 11.6. The van der Waals surface area contributed by atoms with E-state index in [2.05, 4.69) is 15.3 Å². The van der Waals surface area contributed by atoms with Gasteiger partial charge in [0.05, 0.1) is 18.5 Å². The Kier molecular flexibility index (Phi) is 3.04. The van der Waals surface area contributed by atoms with Gasteiger partial charge in [0.1, 0.15) is 0 Å². The van der Waals surface area contributed by atoms with Gasteiger partial charge in [-0.15, -0.1) is 5.10 Å². The summed E-state index contributed by atoms with van der Waals surface area (Å²) in [6.45, 7) is -0.109. The van der Waals surface area contributed by atoms with E-state index in [1.807, 2.05) is 36.5 Å². The lowest BCUT2D eigenvalue weighted by Crippen LogP contribution is -2.01. The predicted octanol–water partition coefficient (Wildman–Crippen LogP) is 1.82. The second kappa shape index (κ2) is 4.99. The quantitative estimate of drug-likeness (QED) is 0.772. The Bertz CT molecular complexity index is 661. The Morgan fingerprint density at radius 3 is 2.47 bits per heavy atom. The summed E-state index contributed by atoms with van der Waals surface area (Å²) in [6, 6.07) is 13.5. The van der Waals surface area contributed by atoms with Gasteiger partial charge in [0.2, 0.25) is 0 Å². The third-order valence-corrected chi connectivity index (χ3v) is 2.79. The molecule has 0 radical (unpaired) electrons. The molecular weight excluding hydrogens is 240 g/mol. The highest BCUT2D eigenvalue weighted by Gasteiger charge is 2.04. The monoisotopic (exact) mass is 252 g/mol. The zero-order valence-corrected chi connectivity index (χ0v) is 10.1. The zero-order chi connectivity index (χ0) is 13.1. The van der Waals surface area contributed by atoms with Crippen LogP contribution in [-0.2, 0) is 6.61 Å². The summed E-state index contributed by atoms with van der Waals surface area (Å²) < 4.78 is 1.66. The first-order valence-electron chi connectivity index (χ1n) is 5.91. The Morgan fingerprint density at radius 2 is 1.79 bits per heavy atom. The van der Waals surface area contributed by atoms with Crippen molar-refractivity contribution in [3.63, 3.8) is 0 Å². The molecule has 2 heterocycles. The highest BCUT2D eigenvalue weighted by molar-refractivity contribution is 5.61. The average Bonchev–Trinajstić information content (AvgIpc) is 2.98. The van der Waals surface area contributed by atoms with Crippen LogP contribution in [0.15, 0.2) is 54.9 Å². The smallest absolute Gasteiger partial charge is 0.175 e. The number of hydrogen-bond acceptors (Lipinski definition) is 4. The van der Waals surface area contributed by atoms with E-state index < -0.39 is 0 Å². The minimum atomic E-state index is -0.109. The van der Waals surface area contributed by atoms with Gasteiger partial charge >= 0.3 is 0 Å². The lowest BCUT2D eigenvalue weighted by atomic mass is 10.1. The average molecular weight is 252 g/mol. The van der Waals surface area contributed by atoms with Crippen LogP contribution in [0, 0.1) is 0 Å². The Hall–Kier alpha value is -2.53. The van der Waals surface area contributed by atoms with E-state index in [4.69, 9.17) is 5.11 Å². The van der Waals surface area contributed by atoms with Gasteiger partial charge in [0.15, 0.2) is 5.82 Å². The maximum Gasteiger partial charge on any atom is 0.175 e. The minimum Gasteiger partial charge on any atom is -0.390 e. The van der Waals surface area contributed by atoms with Crippen molar-refractivity contribution in [2.24, 2.45) is 0 Å². The number of aromatic nitrogens is 4. The van der Waals surface area contributed by atoms with Crippen LogP contribution in [-0.4, -0.2) is 25.1 Å². The number of rotatable bonds is 3. The van der Waals surface area contributed by atoms with E-state index >= 15 is 0 Å². The second-order valence-corrected chi connectivity index (χ2v) is 4.08. The molecule has 0 atom stereocenters. The second-order valence-electron chi connectivity index (χ2n) is 4.08. The molecule has 0 saturated heterocycles. The van der Waals surface area contributed by atoms with Crippen molar-refractivity contribution < 1.29 is 5.11 Å². The Labute approximate surface area is 110 Å². The van der Waals surface area contributed by atoms with Crippen molar-refractivity contribution in [2.75, 3.05) is 0 Å². The maximum absolute atomic E-state index is 8.93. The van der Waals surface area contributed by atoms with Crippen LogP contribution in [0.4, 0.5) is 0 Å². The molecule has 19 heavy (non-hydrogen) atoms. The molecule has 0 aliphatic rings. The van der Waals surface area contributed by atoms with Crippen molar-refractivity contribution in [3.8, 4) is 16.9 Å². The summed E-state index contributed by atoms with van der Waals surface area (Å²) in [5.74, 6) is 0.624. The molecule has 0 fully saturated rings. The molecule has 94 valence electrons. The SMILES string of the molecule is OCc1ccc(-n2cc(-c3ccccc3)cn2)nn1. The fourth-order valence-corrected chi connectivity index (χ4v) is 1.79. The molecule has 3 rings (SSSR count). The third kappa shape index (κ3) is 2.36. The van der Waals surface area contributed by atoms with Gasteiger partial charge in [0.25, 0.3) is 0 Å². The van der Waals surface area contributed by atoms with Crippen LogP contribution < -0.4 is 0 Å². The Morgan fingerprint density at radius 1 is 0.947 bits per heavy atom. The zero-order valence-electron chi connectivity index (χ0n) is 10.1. The number of aliphatic hydroxyl groups excluding tert-OH is 1. The van der Waals surface area contributed by atoms with Crippen LogP contribution in [0.5, 0.6) is 0 Å². The van der Waals surface area contributed by atoms with Gasteiger partial charge in [-0.2, -0.15) is 10.2 Å². The van der Waals surface area contributed by atoms with E-state index in [0.29, 0.717) is 11.5 Å². The number of aliphatic hydroxyl groups is 1. The molecule has 5 nitrogen and oxygen atoms in total. The number of nitrogens with zero attached hydrogens (tertiary/aromatic N) is 4. The van der Waals surface area contributed by atoms with Gasteiger partial charge in [-0.25, -0.2) is 4.68 Å². The summed E-state index contributed by atoms with van der Waals surface area (Å²) in [7, 11) is 0. The van der Waals surface area contributed by atoms with Crippen molar-refractivity contribution in [1.82, 2.24) is 20.0 Å². The lowest BCUT2D eigenvalue weighted by molar-refractivity contribution is 0.275. The van der Waals surface area contributed by atoms with Gasteiger partial charge in [0, 0.05) is 11.8 Å². The molecule has 5 heteroatoms. The molecule has 0 bridgehead atoms. The van der Waals surface area contributed by atoms with Crippen LogP contribution in [0.1, 0.15) is 5.69 Å². The Balaban J connectivity index is 1.92. The molecule has 1 N–H and O–H groups in total. The molecule has 0 saturated carbocycles. The number of hydrogen-bond donors (Lipinski definition) is 1. The summed E-state index contributed by atoms with van der Waals surface area (Å²) >= 11 is 0. The largest absolute Gasteiger partial charge is 0.390 e. The minimum absolute atomic E-state index is 0.109. The molecule has 0 aliphatic carbocycles. The molecule has 0 unspecified atom stereocenters. The van der Waals surface area contributed by atoms with Gasteiger partial charge in [-0.1, -0.05) is 30.3 Å². The normalized spacial score (nSPS) is 10.6. The van der Waals surface area contributed by atoms with Crippen molar-refractivity contribution in [1.29, 1.82) is 0 Å². The topological polar surface area (TPSA) is 63.8 Å². The van der Waals surface area contributed by atoms with Crippen LogP contribution >= 0.6 is 0 Å². The molecule has 0 spiro atoms. The van der Waals surface area contributed by atoms with Gasteiger partial charge in [-0.3, -0.25) is 0 Å². The standard InChI is InChI=1S/C14H12N4O/c19-10-13-6-7-14(17-16-13)18-9-12(8-15-18)11-4-2-1-3-5-11/h1-9,19H,10H2. The van der Waals surface area contributed by atoms with E-state index in [1.54, 1.807) is 23.0 Å². The van der Waals surface area contributed by atoms with E-state index in [-0.39, 0.29) is 6.61 Å². The molecule has 0 amide bonds. The first-order valence-corrected chi connectivity index (χ1v) is 5.91. The lowest BCUT2D eigenvalue weighted by Gasteiger charge is -1.99. The van der Waals surface area contributed by atoms with Crippen molar-refractivity contribution in [2.45, 2.75) is 6.61 Å².